The van der Waals surface area contributed by atoms with Gasteiger partial charge in [-0.1, -0.05) is 11.6 Å². The molecule has 1 unspecified atom stereocenters. The van der Waals surface area contributed by atoms with E-state index in [9.17, 15) is 27.2 Å². The molecule has 2 aromatic carbocycles. The predicted molar refractivity (Wildman–Crippen MR) is 143 cm³/mol. The Bertz CT molecular complexity index is 1770. The van der Waals surface area contributed by atoms with Gasteiger partial charge in [0.25, 0.3) is 11.3 Å². The molecule has 2 fully saturated rings. The van der Waals surface area contributed by atoms with Crippen LogP contribution in [0.4, 0.5) is 22.0 Å². The van der Waals surface area contributed by atoms with E-state index in [1.54, 1.807) is 0 Å². The minimum Gasteiger partial charge on any atom is -0.490 e. The van der Waals surface area contributed by atoms with Gasteiger partial charge in [-0.2, -0.15) is 0 Å². The van der Waals surface area contributed by atoms with E-state index in [0.717, 1.165) is 23.5 Å². The van der Waals surface area contributed by atoms with Crippen LogP contribution in [0.1, 0.15) is 53.2 Å². The van der Waals surface area contributed by atoms with Crippen molar-refractivity contribution in [3.63, 3.8) is 0 Å². The lowest BCUT2D eigenvalue weighted by atomic mass is 9.90. The number of ether oxygens (including phenoxy) is 1. The first kappa shape index (κ1) is 28.3. The number of nitrogens with one attached hydrogen (secondary N) is 1. The summed E-state index contributed by atoms with van der Waals surface area (Å²) >= 11 is 5.89. The highest BCUT2D eigenvalue weighted by Gasteiger charge is 2.48. The van der Waals surface area contributed by atoms with Crippen molar-refractivity contribution in [3.05, 3.63) is 80.2 Å². The van der Waals surface area contributed by atoms with E-state index in [1.807, 2.05) is 0 Å². The van der Waals surface area contributed by atoms with Gasteiger partial charge in [0.15, 0.2) is 17.8 Å². The zero-order valence-corrected chi connectivity index (χ0v) is 23.0. The van der Waals surface area contributed by atoms with Gasteiger partial charge in [0.2, 0.25) is 0 Å². The molecule has 3 aromatic rings. The van der Waals surface area contributed by atoms with Crippen molar-refractivity contribution in [1.29, 1.82) is 0 Å². The number of alkyl halides is 2. The van der Waals surface area contributed by atoms with E-state index in [1.165, 1.54) is 31.5 Å². The molecule has 2 saturated carbocycles. The number of methoxy groups -OCH3 is 1. The highest BCUT2D eigenvalue weighted by molar-refractivity contribution is 6.31. The number of hydrogen-bond acceptors (Lipinski definition) is 4. The summed E-state index contributed by atoms with van der Waals surface area (Å²) in [6, 6.07) is 5.87. The van der Waals surface area contributed by atoms with Gasteiger partial charge in [0.05, 0.1) is 17.5 Å². The molecule has 3 aliphatic rings. The summed E-state index contributed by atoms with van der Waals surface area (Å²) in [6.07, 6.45) is 4.34. The summed E-state index contributed by atoms with van der Waals surface area (Å²) in [5.41, 5.74) is -1.18. The molecular weight excluding hydrogens is 581 g/mol. The average Bonchev–Trinajstić information content (AvgIpc) is 3.87. The maximum absolute atomic E-state index is 15.9. The van der Waals surface area contributed by atoms with E-state index in [2.05, 4.69) is 10.3 Å². The van der Waals surface area contributed by atoms with Crippen LogP contribution in [0.2, 0.25) is 5.02 Å². The molecule has 0 radical (unpaired) electrons. The molecule has 1 amide bonds. The Balaban J connectivity index is 1.35. The van der Waals surface area contributed by atoms with Gasteiger partial charge < -0.3 is 14.8 Å². The molecule has 0 saturated heterocycles. The molecule has 1 N–H and O–H groups in total. The number of amides is 1. The first-order valence-electron chi connectivity index (χ1n) is 13.3. The fraction of sp³-hybridized carbons (Fsp3) is 0.333. The number of nitrogens with zero attached hydrogens (tertiary/aromatic N) is 2. The van der Waals surface area contributed by atoms with E-state index >= 15 is 4.39 Å². The maximum Gasteiger partial charge on any atom is 0.451 e. The second kappa shape index (κ2) is 10.4. The molecule has 0 spiro atoms. The fourth-order valence-electron chi connectivity index (χ4n) is 5.48. The average molecular weight is 605 g/mol. The predicted octanol–water partition coefficient (Wildman–Crippen LogP) is 4.45. The van der Waals surface area contributed by atoms with Crippen LogP contribution < -0.4 is 25.2 Å². The number of benzene rings is 2. The van der Waals surface area contributed by atoms with E-state index in [4.69, 9.17) is 16.3 Å². The molecule has 0 bridgehead atoms. The van der Waals surface area contributed by atoms with Crippen molar-refractivity contribution in [2.75, 3.05) is 13.7 Å². The Morgan fingerprint density at radius 3 is 2.52 bits per heavy atom. The molecule has 42 heavy (non-hydrogen) atoms. The van der Waals surface area contributed by atoms with Crippen LogP contribution in [0.25, 0.3) is 17.5 Å². The van der Waals surface area contributed by atoms with Crippen LogP contribution in [-0.4, -0.2) is 37.4 Å². The number of fused-ring (bicyclic) bond motifs is 1. The molecule has 1 atom stereocenters. The second-order valence-electron chi connectivity index (χ2n) is 10.9. The highest BCUT2D eigenvalue weighted by atomic mass is 35.5. The molecule has 6 rings (SSSR count). The number of rotatable bonds is 10. The number of pyridine rings is 1. The fourth-order valence-corrected chi connectivity index (χ4v) is 5.64. The second-order valence-corrected chi connectivity index (χ2v) is 11.3. The highest BCUT2D eigenvalue weighted by Crippen LogP contribution is 2.50. The van der Waals surface area contributed by atoms with E-state index in [0.29, 0.717) is 36.1 Å². The Morgan fingerprint density at radius 1 is 1.17 bits per heavy atom. The first-order valence-corrected chi connectivity index (χ1v) is 13.7. The summed E-state index contributed by atoms with van der Waals surface area (Å²) in [4.78, 5) is 29.6. The number of carbonyl (C=O) groups is 2. The molecule has 2 heterocycles. The van der Waals surface area contributed by atoms with Gasteiger partial charge in [0.1, 0.15) is 28.8 Å². The standard InChI is InChI=1S/C30H23ClF5N3O3/c1-42-24-7-15(6-16-12-39(27(16)24)29(35)36)28(41)37-11-18(14-2-3-14)23-9-19(30(13-40)4-5-30)25(34)26(38-23)17-8-20(31)22(33)10-21(17)32/h6-10,12-14,18,29H,2-5,11H2,1H3/p+1. The van der Waals surface area contributed by atoms with Crippen molar-refractivity contribution >= 4 is 30.0 Å². The molecule has 1 aromatic heterocycles. The van der Waals surface area contributed by atoms with Crippen LogP contribution in [-0.2, 0) is 10.2 Å². The summed E-state index contributed by atoms with van der Waals surface area (Å²) in [5.74, 6) is -3.65. The van der Waals surface area contributed by atoms with E-state index < -0.39 is 52.0 Å². The Morgan fingerprint density at radius 2 is 1.90 bits per heavy atom. The minimum atomic E-state index is -2.75. The number of aldehydes is 1. The van der Waals surface area contributed by atoms with Crippen molar-refractivity contribution in [2.45, 2.75) is 43.6 Å². The third-order valence-electron chi connectivity index (χ3n) is 8.18. The smallest absolute Gasteiger partial charge is 0.451 e. The summed E-state index contributed by atoms with van der Waals surface area (Å²) in [5, 5.41) is 3.05. The Kier molecular flexibility index (Phi) is 7.03. The Hall–Kier alpha value is -3.86. The number of halogens is 6. The maximum atomic E-state index is 15.9. The van der Waals surface area contributed by atoms with Crippen molar-refractivity contribution in [2.24, 2.45) is 5.92 Å². The molecule has 2 aliphatic carbocycles. The number of aromatic nitrogens is 1. The van der Waals surface area contributed by atoms with Gasteiger partial charge in [-0.25, -0.2) is 18.2 Å². The van der Waals surface area contributed by atoms with Gasteiger partial charge in [0, 0.05) is 40.9 Å². The monoisotopic (exact) mass is 604 g/mol. The summed E-state index contributed by atoms with van der Waals surface area (Å²) in [7, 11) is 1.32. The van der Waals surface area contributed by atoms with Crippen molar-refractivity contribution < 1.29 is 36.3 Å². The van der Waals surface area contributed by atoms with Crippen molar-refractivity contribution in [3.8, 4) is 17.0 Å². The summed E-state index contributed by atoms with van der Waals surface area (Å²) < 4.78 is 77.0. The number of carbonyl (C=O) groups excluding carboxylic acids is 2. The molecule has 12 heteroatoms. The lowest BCUT2D eigenvalue weighted by molar-refractivity contribution is -0.109. The quantitative estimate of drug-likeness (QED) is 0.122. The SMILES string of the molecule is COc1cc(C(=O)NCC(c2cc(C3(C=O)CC3)c(F)c(-c3cc(Cl)c(F)cc3F)n2)C2CC2)cc2c1=[N+](C(F)F)C=2. The zero-order valence-electron chi connectivity index (χ0n) is 22.2. The molecule has 6 nitrogen and oxygen atoms in total. The van der Waals surface area contributed by atoms with Gasteiger partial charge >= 0.3 is 6.55 Å². The van der Waals surface area contributed by atoms with Crippen LogP contribution >= 0.6 is 11.6 Å². The van der Waals surface area contributed by atoms with Gasteiger partial charge in [-0.05, 0) is 55.9 Å². The third-order valence-corrected chi connectivity index (χ3v) is 8.47. The van der Waals surface area contributed by atoms with Crippen LogP contribution in [0.3, 0.4) is 0 Å². The van der Waals surface area contributed by atoms with Crippen molar-refractivity contribution in [1.82, 2.24) is 14.9 Å². The van der Waals surface area contributed by atoms with Gasteiger partial charge in [-0.15, -0.1) is 13.4 Å². The molecule has 218 valence electrons. The minimum absolute atomic E-state index is 0.0700. The van der Waals surface area contributed by atoms with Crippen LogP contribution in [0, 0.1) is 23.4 Å². The largest absolute Gasteiger partial charge is 0.490 e. The zero-order chi connectivity index (χ0) is 29.9. The number of hydrogen-bond donors (Lipinski definition) is 1. The lowest BCUT2D eigenvalue weighted by Crippen LogP contribution is -2.50. The summed E-state index contributed by atoms with van der Waals surface area (Å²) in [6.45, 7) is -2.68. The van der Waals surface area contributed by atoms with Crippen LogP contribution in [0.15, 0.2) is 30.3 Å². The lowest BCUT2D eigenvalue weighted by Gasteiger charge is -2.21. The molecule has 1 aliphatic heterocycles. The molecular formula is C30H24ClF5N3O3+. The normalized spacial score (nSPS) is 17.2. The third kappa shape index (κ3) is 4.83. The first-order chi connectivity index (χ1) is 20.1. The topological polar surface area (TPSA) is 71.3 Å². The van der Waals surface area contributed by atoms with E-state index in [-0.39, 0.29) is 40.3 Å². The van der Waals surface area contributed by atoms with Crippen LogP contribution in [0.5, 0.6) is 5.75 Å². The Labute approximate surface area is 241 Å². The van der Waals surface area contributed by atoms with Gasteiger partial charge in [-0.3, -0.25) is 4.79 Å².